The molecule has 1 aromatic carbocycles. The minimum atomic E-state index is -1.08. The third-order valence-corrected chi connectivity index (χ3v) is 3.80. The van der Waals surface area contributed by atoms with E-state index in [9.17, 15) is 14.7 Å². The van der Waals surface area contributed by atoms with Gasteiger partial charge in [-0.25, -0.2) is 0 Å². The Morgan fingerprint density at radius 1 is 1.13 bits per heavy atom. The van der Waals surface area contributed by atoms with Gasteiger partial charge in [-0.1, -0.05) is 30.3 Å². The standard InChI is InChI=1S/C13H19NO.C4H6O4/c1-10(11-6-3-2-4-7-11)14-12-8-5-9-13(12)15;5-3(6)1-2-4(7)8/h2-4,6-7,10,12-15H,5,8-9H2,1H3;1-2H2,(H,5,6)(H,7,8)/t10?,12-,13-;/m1./s1. The number of carboxylic acid groups (broad SMARTS) is 2. The molecule has 1 aliphatic rings. The lowest BCUT2D eigenvalue weighted by atomic mass is 10.1. The maximum absolute atomic E-state index is 9.72. The Kier molecular flexibility index (Phi) is 8.29. The molecule has 23 heavy (non-hydrogen) atoms. The van der Waals surface area contributed by atoms with Crippen LogP contribution in [0, 0.1) is 0 Å². The lowest BCUT2D eigenvalue weighted by Crippen LogP contribution is -2.37. The summed E-state index contributed by atoms with van der Waals surface area (Å²) in [5.74, 6) is -2.15. The van der Waals surface area contributed by atoms with Gasteiger partial charge in [0.15, 0.2) is 0 Å². The summed E-state index contributed by atoms with van der Waals surface area (Å²) in [6, 6.07) is 11.0. The molecule has 0 heterocycles. The van der Waals surface area contributed by atoms with Gasteiger partial charge >= 0.3 is 11.9 Å². The van der Waals surface area contributed by atoms with Crippen molar-refractivity contribution in [3.63, 3.8) is 0 Å². The van der Waals surface area contributed by atoms with E-state index in [1.165, 1.54) is 5.56 Å². The number of hydrogen-bond donors (Lipinski definition) is 4. The van der Waals surface area contributed by atoms with E-state index in [4.69, 9.17) is 10.2 Å². The molecule has 6 nitrogen and oxygen atoms in total. The number of nitrogens with one attached hydrogen (secondary N) is 1. The second-order valence-corrected chi connectivity index (χ2v) is 5.69. The van der Waals surface area contributed by atoms with E-state index < -0.39 is 11.9 Å². The van der Waals surface area contributed by atoms with Crippen LogP contribution in [0.15, 0.2) is 30.3 Å². The third kappa shape index (κ3) is 7.76. The first-order valence-electron chi connectivity index (χ1n) is 7.82. The highest BCUT2D eigenvalue weighted by molar-refractivity contribution is 5.75. The SMILES string of the molecule is CC(N[C@@H]1CCC[C@H]1O)c1ccccc1.O=C(O)CCC(=O)O. The zero-order valence-corrected chi connectivity index (χ0v) is 13.3. The molecule has 6 heteroatoms. The lowest BCUT2D eigenvalue weighted by molar-refractivity contribution is -0.143. The highest BCUT2D eigenvalue weighted by atomic mass is 16.4. The quantitative estimate of drug-likeness (QED) is 0.639. The van der Waals surface area contributed by atoms with Gasteiger partial charge in [0.25, 0.3) is 0 Å². The number of benzene rings is 1. The van der Waals surface area contributed by atoms with E-state index in [1.807, 2.05) is 6.07 Å². The monoisotopic (exact) mass is 323 g/mol. The number of carboxylic acids is 2. The molecular weight excluding hydrogens is 298 g/mol. The van der Waals surface area contributed by atoms with E-state index in [0.717, 1.165) is 19.3 Å². The fraction of sp³-hybridized carbons (Fsp3) is 0.529. The largest absolute Gasteiger partial charge is 0.481 e. The molecule has 0 aromatic heterocycles. The molecule has 2 rings (SSSR count). The zero-order valence-electron chi connectivity index (χ0n) is 13.3. The second kappa shape index (κ2) is 9.97. The third-order valence-electron chi connectivity index (χ3n) is 3.80. The maximum Gasteiger partial charge on any atom is 0.303 e. The van der Waals surface area contributed by atoms with Gasteiger partial charge in [0, 0.05) is 12.1 Å². The molecule has 1 unspecified atom stereocenters. The van der Waals surface area contributed by atoms with Crippen molar-refractivity contribution in [1.29, 1.82) is 0 Å². The fourth-order valence-electron chi connectivity index (χ4n) is 2.51. The van der Waals surface area contributed by atoms with Gasteiger partial charge in [0.2, 0.25) is 0 Å². The summed E-state index contributed by atoms with van der Waals surface area (Å²) in [6.07, 6.45) is 2.43. The van der Waals surface area contributed by atoms with E-state index in [2.05, 4.69) is 36.5 Å². The molecule has 0 bridgehead atoms. The molecule has 128 valence electrons. The van der Waals surface area contributed by atoms with Crippen molar-refractivity contribution in [2.45, 2.75) is 57.2 Å². The highest BCUT2D eigenvalue weighted by Crippen LogP contribution is 2.22. The Morgan fingerprint density at radius 3 is 2.13 bits per heavy atom. The van der Waals surface area contributed by atoms with Crippen molar-refractivity contribution < 1.29 is 24.9 Å². The van der Waals surface area contributed by atoms with Gasteiger partial charge in [0.1, 0.15) is 0 Å². The van der Waals surface area contributed by atoms with Gasteiger partial charge in [-0.3, -0.25) is 9.59 Å². The molecular formula is C17H25NO5. The van der Waals surface area contributed by atoms with E-state index in [-0.39, 0.29) is 25.0 Å². The summed E-state index contributed by atoms with van der Waals surface area (Å²) in [7, 11) is 0. The second-order valence-electron chi connectivity index (χ2n) is 5.69. The van der Waals surface area contributed by atoms with Crippen LogP contribution in [0.1, 0.15) is 50.6 Å². The summed E-state index contributed by atoms with van der Waals surface area (Å²) in [4.78, 5) is 19.3. The van der Waals surface area contributed by atoms with Crippen molar-refractivity contribution >= 4 is 11.9 Å². The molecule has 0 spiro atoms. The smallest absolute Gasteiger partial charge is 0.303 e. The molecule has 4 N–H and O–H groups in total. The number of aliphatic carboxylic acids is 2. The van der Waals surface area contributed by atoms with Crippen molar-refractivity contribution in [2.75, 3.05) is 0 Å². The van der Waals surface area contributed by atoms with Gasteiger partial charge in [-0.15, -0.1) is 0 Å². The molecule has 0 aliphatic heterocycles. The predicted molar refractivity (Wildman–Crippen MR) is 86.1 cm³/mol. The van der Waals surface area contributed by atoms with E-state index in [0.29, 0.717) is 6.04 Å². The fourth-order valence-corrected chi connectivity index (χ4v) is 2.51. The van der Waals surface area contributed by atoms with Crippen LogP contribution in [0.4, 0.5) is 0 Å². The first-order chi connectivity index (χ1) is 10.9. The molecule has 0 saturated heterocycles. The average Bonchev–Trinajstić information content (AvgIpc) is 2.92. The Balaban J connectivity index is 0.000000284. The lowest BCUT2D eigenvalue weighted by Gasteiger charge is -2.22. The van der Waals surface area contributed by atoms with Crippen LogP contribution in [0.2, 0.25) is 0 Å². The van der Waals surface area contributed by atoms with Gasteiger partial charge < -0.3 is 20.6 Å². The summed E-state index contributed by atoms with van der Waals surface area (Å²) < 4.78 is 0. The summed E-state index contributed by atoms with van der Waals surface area (Å²) in [5, 5.41) is 29.0. The molecule has 0 radical (unpaired) electrons. The Hall–Kier alpha value is -1.92. The Bertz CT molecular complexity index is 477. The minimum absolute atomic E-state index is 0.156. The summed E-state index contributed by atoms with van der Waals surface area (Å²) >= 11 is 0. The normalized spacial score (nSPS) is 21.1. The molecule has 1 aromatic rings. The number of hydrogen-bond acceptors (Lipinski definition) is 4. The number of aliphatic hydroxyl groups is 1. The first-order valence-corrected chi connectivity index (χ1v) is 7.82. The van der Waals surface area contributed by atoms with Crippen molar-refractivity contribution in [3.05, 3.63) is 35.9 Å². The van der Waals surface area contributed by atoms with Crippen molar-refractivity contribution in [3.8, 4) is 0 Å². The van der Waals surface area contributed by atoms with Crippen LogP contribution in [-0.2, 0) is 9.59 Å². The molecule has 1 fully saturated rings. The predicted octanol–water partition coefficient (Wildman–Crippen LogP) is 2.19. The topological polar surface area (TPSA) is 107 Å². The van der Waals surface area contributed by atoms with Crippen LogP contribution >= 0.6 is 0 Å². The highest BCUT2D eigenvalue weighted by Gasteiger charge is 2.26. The average molecular weight is 323 g/mol. The number of aliphatic hydroxyl groups excluding tert-OH is 1. The van der Waals surface area contributed by atoms with E-state index >= 15 is 0 Å². The Morgan fingerprint density at radius 2 is 1.70 bits per heavy atom. The minimum Gasteiger partial charge on any atom is -0.481 e. The summed E-state index contributed by atoms with van der Waals surface area (Å²) in [5.41, 5.74) is 1.29. The van der Waals surface area contributed by atoms with Crippen LogP contribution in [0.25, 0.3) is 0 Å². The molecule has 1 aliphatic carbocycles. The van der Waals surface area contributed by atoms with Crippen LogP contribution in [0.3, 0.4) is 0 Å². The Labute approximate surface area is 136 Å². The van der Waals surface area contributed by atoms with Gasteiger partial charge in [-0.05, 0) is 31.7 Å². The van der Waals surface area contributed by atoms with Crippen LogP contribution < -0.4 is 5.32 Å². The molecule has 0 amide bonds. The zero-order chi connectivity index (χ0) is 17.2. The van der Waals surface area contributed by atoms with Crippen molar-refractivity contribution in [2.24, 2.45) is 0 Å². The van der Waals surface area contributed by atoms with Gasteiger partial charge in [0.05, 0.1) is 18.9 Å². The van der Waals surface area contributed by atoms with Crippen molar-refractivity contribution in [1.82, 2.24) is 5.32 Å². The van der Waals surface area contributed by atoms with E-state index in [1.54, 1.807) is 0 Å². The molecule has 1 saturated carbocycles. The number of rotatable bonds is 6. The van der Waals surface area contributed by atoms with Crippen LogP contribution in [-0.4, -0.2) is 39.4 Å². The summed E-state index contributed by atoms with van der Waals surface area (Å²) in [6.45, 7) is 2.15. The molecule has 3 atom stereocenters. The van der Waals surface area contributed by atoms with Crippen LogP contribution in [0.5, 0.6) is 0 Å². The maximum atomic E-state index is 9.72. The number of carbonyl (C=O) groups is 2. The van der Waals surface area contributed by atoms with Gasteiger partial charge in [-0.2, -0.15) is 0 Å². The first kappa shape index (κ1) is 19.1.